The molecule has 9 nitrogen and oxygen atoms in total. The van der Waals surface area contributed by atoms with E-state index in [4.69, 9.17) is 14.2 Å². The summed E-state index contributed by atoms with van der Waals surface area (Å²) in [7, 11) is -3.70. The van der Waals surface area contributed by atoms with Crippen LogP contribution in [0.3, 0.4) is 0 Å². The lowest BCUT2D eigenvalue weighted by Crippen LogP contribution is -2.31. The first-order chi connectivity index (χ1) is 17.8. The first-order valence-electron chi connectivity index (χ1n) is 13.1. The SMILES string of the molecule is CCOc1cc(C(=O)Nc2cc(S(=O)(=O)N(CC)CC)ccc2N2CCCC2)cc(OCC)c1OCC. The van der Waals surface area contributed by atoms with Crippen LogP contribution in [0.25, 0.3) is 0 Å². The molecule has 3 rings (SSSR count). The van der Waals surface area contributed by atoms with Crippen LogP contribution in [-0.4, -0.2) is 64.6 Å². The quantitative estimate of drug-likeness (QED) is 0.396. The number of benzene rings is 2. The second-order valence-electron chi connectivity index (χ2n) is 8.52. The van der Waals surface area contributed by atoms with Crippen molar-refractivity contribution in [2.75, 3.05) is 56.2 Å². The van der Waals surface area contributed by atoms with Crippen molar-refractivity contribution < 1.29 is 27.4 Å². The van der Waals surface area contributed by atoms with E-state index in [0.29, 0.717) is 61.4 Å². The van der Waals surface area contributed by atoms with Crippen LogP contribution in [0.5, 0.6) is 17.2 Å². The van der Waals surface area contributed by atoms with Crippen molar-refractivity contribution >= 4 is 27.3 Å². The minimum Gasteiger partial charge on any atom is -0.490 e. The Morgan fingerprint density at radius 3 is 1.97 bits per heavy atom. The van der Waals surface area contributed by atoms with Gasteiger partial charge in [0.1, 0.15) is 0 Å². The van der Waals surface area contributed by atoms with E-state index in [1.54, 1.807) is 44.2 Å². The number of rotatable bonds is 13. The molecular weight excluding hydrogens is 494 g/mol. The molecule has 1 aliphatic heterocycles. The number of ether oxygens (including phenoxy) is 3. The summed E-state index contributed by atoms with van der Waals surface area (Å²) in [5.41, 5.74) is 1.56. The molecule has 0 spiro atoms. The Hall–Kier alpha value is -2.98. The van der Waals surface area contributed by atoms with Crippen molar-refractivity contribution in [3.05, 3.63) is 35.9 Å². The molecule has 1 saturated heterocycles. The van der Waals surface area contributed by atoms with Gasteiger partial charge in [-0.25, -0.2) is 8.42 Å². The van der Waals surface area contributed by atoms with Crippen LogP contribution in [0.15, 0.2) is 35.2 Å². The summed E-state index contributed by atoms with van der Waals surface area (Å²) >= 11 is 0. The predicted octanol–water partition coefficient (Wildman–Crippen LogP) is 4.77. The van der Waals surface area contributed by atoms with Crippen molar-refractivity contribution in [1.82, 2.24) is 4.31 Å². The van der Waals surface area contributed by atoms with Gasteiger partial charge in [0.15, 0.2) is 11.5 Å². The Morgan fingerprint density at radius 2 is 1.46 bits per heavy atom. The molecule has 0 bridgehead atoms. The highest BCUT2D eigenvalue weighted by Crippen LogP contribution is 2.40. The van der Waals surface area contributed by atoms with E-state index in [1.165, 1.54) is 4.31 Å². The summed E-state index contributed by atoms with van der Waals surface area (Å²) in [6.07, 6.45) is 2.09. The third-order valence-corrected chi connectivity index (χ3v) is 8.22. The van der Waals surface area contributed by atoms with Gasteiger partial charge < -0.3 is 24.4 Å². The maximum absolute atomic E-state index is 13.5. The molecule has 1 fully saturated rings. The van der Waals surface area contributed by atoms with E-state index in [1.807, 2.05) is 20.8 Å². The second kappa shape index (κ2) is 13.0. The van der Waals surface area contributed by atoms with Crippen molar-refractivity contribution in [2.24, 2.45) is 0 Å². The third kappa shape index (κ3) is 6.48. The minimum absolute atomic E-state index is 0.145. The molecule has 0 aromatic heterocycles. The molecule has 0 saturated carbocycles. The average molecular weight is 534 g/mol. The number of nitrogens with one attached hydrogen (secondary N) is 1. The number of sulfonamides is 1. The lowest BCUT2D eigenvalue weighted by atomic mass is 10.1. The molecule has 0 radical (unpaired) electrons. The van der Waals surface area contributed by atoms with Crippen molar-refractivity contribution in [3.8, 4) is 17.2 Å². The van der Waals surface area contributed by atoms with E-state index in [9.17, 15) is 13.2 Å². The fourth-order valence-corrected chi connectivity index (χ4v) is 5.92. The minimum atomic E-state index is -3.70. The van der Waals surface area contributed by atoms with E-state index >= 15 is 0 Å². The van der Waals surface area contributed by atoms with Gasteiger partial charge in [-0.2, -0.15) is 4.31 Å². The number of anilines is 2. The first kappa shape index (κ1) is 28.6. The number of hydrogen-bond donors (Lipinski definition) is 1. The number of carbonyl (C=O) groups excluding carboxylic acids is 1. The van der Waals surface area contributed by atoms with Gasteiger partial charge in [-0.3, -0.25) is 4.79 Å². The van der Waals surface area contributed by atoms with Crippen molar-refractivity contribution in [1.29, 1.82) is 0 Å². The molecule has 2 aromatic carbocycles. The smallest absolute Gasteiger partial charge is 0.255 e. The number of nitrogens with zero attached hydrogens (tertiary/aromatic N) is 2. The zero-order valence-corrected chi connectivity index (χ0v) is 23.3. The van der Waals surface area contributed by atoms with Crippen LogP contribution in [-0.2, 0) is 10.0 Å². The van der Waals surface area contributed by atoms with Crippen LogP contribution < -0.4 is 24.4 Å². The summed E-state index contributed by atoms with van der Waals surface area (Å²) in [5.74, 6) is 0.881. The fraction of sp³-hybridized carbons (Fsp3) is 0.519. The standard InChI is InChI=1S/C27H39N3O6S/c1-6-30(7-2)37(32,33)21-13-14-23(29-15-11-12-16-29)22(19-21)28-27(31)20-17-24(34-8-3)26(36-10-5)25(18-20)35-9-4/h13-14,17-19H,6-12,15-16H2,1-5H3,(H,28,31). The number of amides is 1. The molecule has 1 N–H and O–H groups in total. The van der Waals surface area contributed by atoms with Gasteiger partial charge in [0, 0.05) is 31.7 Å². The van der Waals surface area contributed by atoms with E-state index in [0.717, 1.165) is 31.6 Å². The summed E-state index contributed by atoms with van der Waals surface area (Å²) in [6.45, 7) is 12.8. The van der Waals surface area contributed by atoms with Crippen molar-refractivity contribution in [2.45, 2.75) is 52.4 Å². The molecule has 0 atom stereocenters. The first-order valence-corrected chi connectivity index (χ1v) is 14.5. The van der Waals surface area contributed by atoms with Gasteiger partial charge in [-0.15, -0.1) is 0 Å². The average Bonchev–Trinajstić information content (AvgIpc) is 3.41. The second-order valence-corrected chi connectivity index (χ2v) is 10.5. The Balaban J connectivity index is 2.05. The Kier molecular flexibility index (Phi) is 10.0. The summed E-state index contributed by atoms with van der Waals surface area (Å²) in [6, 6.07) is 8.21. The van der Waals surface area contributed by atoms with Crippen LogP contribution in [0.4, 0.5) is 11.4 Å². The van der Waals surface area contributed by atoms with Gasteiger partial charge >= 0.3 is 0 Å². The van der Waals surface area contributed by atoms with Gasteiger partial charge in [0.05, 0.1) is 36.1 Å². The highest BCUT2D eigenvalue weighted by atomic mass is 32.2. The van der Waals surface area contributed by atoms with Gasteiger partial charge in [0.2, 0.25) is 15.8 Å². The molecular formula is C27H39N3O6S. The normalized spacial score (nSPS) is 13.6. The van der Waals surface area contributed by atoms with Gasteiger partial charge in [-0.05, 0) is 63.9 Å². The highest BCUT2D eigenvalue weighted by molar-refractivity contribution is 7.89. The molecule has 204 valence electrons. The van der Waals surface area contributed by atoms with E-state index in [-0.39, 0.29) is 4.90 Å². The number of carbonyl (C=O) groups is 1. The van der Waals surface area contributed by atoms with Gasteiger partial charge in [0.25, 0.3) is 5.91 Å². The number of hydrogen-bond acceptors (Lipinski definition) is 7. The van der Waals surface area contributed by atoms with Crippen LogP contribution in [0, 0.1) is 0 Å². The largest absolute Gasteiger partial charge is 0.490 e. The lowest BCUT2D eigenvalue weighted by molar-refractivity contribution is 0.102. The Bertz CT molecular complexity index is 1150. The maximum Gasteiger partial charge on any atom is 0.255 e. The summed E-state index contributed by atoms with van der Waals surface area (Å²) in [4.78, 5) is 15.8. The Morgan fingerprint density at radius 1 is 0.892 bits per heavy atom. The summed E-state index contributed by atoms with van der Waals surface area (Å²) < 4.78 is 45.1. The van der Waals surface area contributed by atoms with E-state index < -0.39 is 15.9 Å². The van der Waals surface area contributed by atoms with Crippen LogP contribution >= 0.6 is 0 Å². The lowest BCUT2D eigenvalue weighted by Gasteiger charge is -2.24. The zero-order valence-electron chi connectivity index (χ0n) is 22.5. The maximum atomic E-state index is 13.5. The van der Waals surface area contributed by atoms with E-state index in [2.05, 4.69) is 10.2 Å². The molecule has 1 aliphatic rings. The molecule has 0 unspecified atom stereocenters. The zero-order chi connectivity index (χ0) is 27.0. The Labute approximate surface area is 220 Å². The monoisotopic (exact) mass is 533 g/mol. The molecule has 2 aromatic rings. The highest BCUT2D eigenvalue weighted by Gasteiger charge is 2.26. The van der Waals surface area contributed by atoms with Crippen LogP contribution in [0.2, 0.25) is 0 Å². The predicted molar refractivity (Wildman–Crippen MR) is 146 cm³/mol. The fourth-order valence-electron chi connectivity index (χ4n) is 4.44. The molecule has 1 amide bonds. The van der Waals surface area contributed by atoms with Gasteiger partial charge in [-0.1, -0.05) is 13.8 Å². The topological polar surface area (TPSA) is 97.4 Å². The molecule has 0 aliphatic carbocycles. The van der Waals surface area contributed by atoms with Crippen molar-refractivity contribution in [3.63, 3.8) is 0 Å². The van der Waals surface area contributed by atoms with Crippen LogP contribution in [0.1, 0.15) is 57.8 Å². The molecule has 37 heavy (non-hydrogen) atoms. The summed E-state index contributed by atoms with van der Waals surface area (Å²) in [5, 5.41) is 2.97. The molecule has 1 heterocycles. The molecule has 10 heteroatoms. The third-order valence-electron chi connectivity index (χ3n) is 6.18.